The zero-order chi connectivity index (χ0) is 18.1. The number of ether oxygens (including phenoxy) is 1. The van der Waals surface area contributed by atoms with E-state index in [0.717, 1.165) is 12.8 Å². The van der Waals surface area contributed by atoms with Gasteiger partial charge >= 0.3 is 0 Å². The summed E-state index contributed by atoms with van der Waals surface area (Å²) in [5, 5.41) is 5.92. The van der Waals surface area contributed by atoms with E-state index in [1.54, 1.807) is 24.3 Å². The van der Waals surface area contributed by atoms with Crippen LogP contribution >= 0.6 is 0 Å². The van der Waals surface area contributed by atoms with Gasteiger partial charge in [-0.25, -0.2) is 0 Å². The number of nitrogens with one attached hydrogen (secondary N) is 2. The van der Waals surface area contributed by atoms with Gasteiger partial charge in [0.15, 0.2) is 0 Å². The topological polar surface area (TPSA) is 67.4 Å². The molecule has 0 atom stereocenters. The lowest BCUT2D eigenvalue weighted by molar-refractivity contribution is -0.117. The summed E-state index contributed by atoms with van der Waals surface area (Å²) in [4.78, 5) is 24.1. The van der Waals surface area contributed by atoms with Gasteiger partial charge in [0.05, 0.1) is 13.0 Å². The van der Waals surface area contributed by atoms with E-state index in [9.17, 15) is 9.59 Å². The Hall–Kier alpha value is -1.88. The quantitative estimate of drug-likeness (QED) is 0.705. The van der Waals surface area contributed by atoms with E-state index in [0.29, 0.717) is 42.8 Å². The second kappa shape index (κ2) is 10.2. The first kappa shape index (κ1) is 19.4. The number of amides is 2. The predicted octanol–water partition coefficient (Wildman–Crippen LogP) is 3.75. The van der Waals surface area contributed by atoms with Gasteiger partial charge in [0.25, 0.3) is 5.91 Å². The van der Waals surface area contributed by atoms with Crippen molar-refractivity contribution in [1.29, 1.82) is 0 Å². The van der Waals surface area contributed by atoms with Gasteiger partial charge in [-0.2, -0.15) is 0 Å². The average molecular weight is 346 g/mol. The lowest BCUT2D eigenvalue weighted by Crippen LogP contribution is -2.36. The van der Waals surface area contributed by atoms with Crippen LogP contribution < -0.4 is 10.6 Å². The molecule has 1 aromatic carbocycles. The zero-order valence-corrected chi connectivity index (χ0v) is 15.3. The molecule has 1 fully saturated rings. The molecule has 0 radical (unpaired) electrons. The molecule has 0 saturated heterocycles. The van der Waals surface area contributed by atoms with Crippen LogP contribution in [0.5, 0.6) is 0 Å². The van der Waals surface area contributed by atoms with Crippen LogP contribution in [0.25, 0.3) is 0 Å². The number of rotatable bonds is 8. The van der Waals surface area contributed by atoms with Crippen molar-refractivity contribution in [2.24, 2.45) is 5.92 Å². The normalized spacial score (nSPS) is 15.2. The summed E-state index contributed by atoms with van der Waals surface area (Å²) < 4.78 is 5.41. The molecule has 0 bridgehead atoms. The fourth-order valence-corrected chi connectivity index (χ4v) is 2.93. The monoisotopic (exact) mass is 346 g/mol. The minimum Gasteiger partial charge on any atom is -0.381 e. The SMILES string of the molecule is CC(C)COCCC(=O)Nc1ccc(C(=O)NC2CCCCC2)cc1. The van der Waals surface area contributed by atoms with E-state index in [1.165, 1.54) is 19.3 Å². The van der Waals surface area contributed by atoms with Crippen molar-refractivity contribution in [3.63, 3.8) is 0 Å². The molecular weight excluding hydrogens is 316 g/mol. The molecule has 25 heavy (non-hydrogen) atoms. The number of benzene rings is 1. The number of anilines is 1. The van der Waals surface area contributed by atoms with Crippen molar-refractivity contribution in [3.05, 3.63) is 29.8 Å². The number of carbonyl (C=O) groups excluding carboxylic acids is 2. The van der Waals surface area contributed by atoms with Crippen LogP contribution in [0.1, 0.15) is 62.7 Å². The smallest absolute Gasteiger partial charge is 0.251 e. The van der Waals surface area contributed by atoms with Gasteiger partial charge in [0.2, 0.25) is 5.91 Å². The predicted molar refractivity (Wildman–Crippen MR) is 99.7 cm³/mol. The molecule has 0 aromatic heterocycles. The Kier molecular flexibility index (Phi) is 7.92. The minimum absolute atomic E-state index is 0.0353. The Morgan fingerprint density at radius 3 is 2.44 bits per heavy atom. The van der Waals surface area contributed by atoms with Crippen LogP contribution in [0.15, 0.2) is 24.3 Å². The third-order valence-corrected chi connectivity index (χ3v) is 4.30. The van der Waals surface area contributed by atoms with E-state index < -0.39 is 0 Å². The molecule has 0 heterocycles. The van der Waals surface area contributed by atoms with Gasteiger partial charge in [0.1, 0.15) is 0 Å². The van der Waals surface area contributed by atoms with Gasteiger partial charge in [-0.15, -0.1) is 0 Å². The van der Waals surface area contributed by atoms with Gasteiger partial charge in [-0.1, -0.05) is 33.1 Å². The second-order valence-electron chi connectivity index (χ2n) is 7.15. The maximum atomic E-state index is 12.3. The molecule has 2 rings (SSSR count). The third kappa shape index (κ3) is 7.26. The fourth-order valence-electron chi connectivity index (χ4n) is 2.93. The lowest BCUT2D eigenvalue weighted by Gasteiger charge is -2.22. The van der Waals surface area contributed by atoms with Gasteiger partial charge in [-0.3, -0.25) is 9.59 Å². The molecule has 2 amide bonds. The van der Waals surface area contributed by atoms with Crippen LogP contribution in [0, 0.1) is 5.92 Å². The molecule has 5 heteroatoms. The average Bonchev–Trinajstić information content (AvgIpc) is 2.60. The standard InChI is InChI=1S/C20H30N2O3/c1-15(2)14-25-13-12-19(23)21-18-10-8-16(9-11-18)20(24)22-17-6-4-3-5-7-17/h8-11,15,17H,3-7,12-14H2,1-2H3,(H,21,23)(H,22,24). The van der Waals surface area contributed by atoms with E-state index in [2.05, 4.69) is 24.5 Å². The molecule has 2 N–H and O–H groups in total. The van der Waals surface area contributed by atoms with Crippen LogP contribution in [0.4, 0.5) is 5.69 Å². The molecule has 0 aliphatic heterocycles. The maximum absolute atomic E-state index is 12.3. The van der Waals surface area contributed by atoms with Crippen molar-refractivity contribution < 1.29 is 14.3 Å². The molecule has 1 aliphatic rings. The van der Waals surface area contributed by atoms with Gasteiger partial charge < -0.3 is 15.4 Å². The Balaban J connectivity index is 1.74. The number of hydrogen-bond donors (Lipinski definition) is 2. The van der Waals surface area contributed by atoms with Crippen LogP contribution in [-0.2, 0) is 9.53 Å². The molecule has 0 unspecified atom stereocenters. The highest BCUT2D eigenvalue weighted by molar-refractivity contribution is 5.96. The summed E-state index contributed by atoms with van der Waals surface area (Å²) in [5.41, 5.74) is 1.33. The van der Waals surface area contributed by atoms with E-state index in [-0.39, 0.29) is 11.8 Å². The summed E-state index contributed by atoms with van der Waals surface area (Å²) in [6, 6.07) is 7.34. The summed E-state index contributed by atoms with van der Waals surface area (Å²) in [7, 11) is 0. The number of hydrogen-bond acceptors (Lipinski definition) is 3. The summed E-state index contributed by atoms with van der Waals surface area (Å²) in [6.07, 6.45) is 6.12. The van der Waals surface area contributed by atoms with Crippen molar-refractivity contribution in [2.45, 2.75) is 58.4 Å². The first-order valence-corrected chi connectivity index (χ1v) is 9.33. The Morgan fingerprint density at radius 2 is 1.80 bits per heavy atom. The molecule has 1 aliphatic carbocycles. The van der Waals surface area contributed by atoms with Crippen LogP contribution in [0.3, 0.4) is 0 Å². The van der Waals surface area contributed by atoms with Gasteiger partial charge in [-0.05, 0) is 43.0 Å². The van der Waals surface area contributed by atoms with Crippen LogP contribution in [-0.4, -0.2) is 31.1 Å². The Morgan fingerprint density at radius 1 is 1.12 bits per heavy atom. The minimum atomic E-state index is -0.0804. The van der Waals surface area contributed by atoms with E-state index >= 15 is 0 Å². The molecular formula is C20H30N2O3. The molecule has 0 spiro atoms. The number of carbonyl (C=O) groups is 2. The first-order chi connectivity index (χ1) is 12.0. The van der Waals surface area contributed by atoms with E-state index in [4.69, 9.17) is 4.74 Å². The molecule has 138 valence electrons. The first-order valence-electron chi connectivity index (χ1n) is 9.33. The summed E-state index contributed by atoms with van der Waals surface area (Å²) >= 11 is 0. The second-order valence-corrected chi connectivity index (χ2v) is 7.15. The highest BCUT2D eigenvalue weighted by Crippen LogP contribution is 2.18. The highest BCUT2D eigenvalue weighted by atomic mass is 16.5. The third-order valence-electron chi connectivity index (χ3n) is 4.30. The van der Waals surface area contributed by atoms with Crippen molar-refractivity contribution in [1.82, 2.24) is 5.32 Å². The van der Waals surface area contributed by atoms with Crippen molar-refractivity contribution in [3.8, 4) is 0 Å². The van der Waals surface area contributed by atoms with Gasteiger partial charge in [0, 0.05) is 23.9 Å². The van der Waals surface area contributed by atoms with E-state index in [1.807, 2.05) is 0 Å². The molecule has 1 saturated carbocycles. The maximum Gasteiger partial charge on any atom is 0.251 e. The highest BCUT2D eigenvalue weighted by Gasteiger charge is 2.16. The fraction of sp³-hybridized carbons (Fsp3) is 0.600. The lowest BCUT2D eigenvalue weighted by atomic mass is 9.95. The molecule has 5 nitrogen and oxygen atoms in total. The summed E-state index contributed by atoms with van der Waals surface area (Å²) in [6.45, 7) is 5.24. The Bertz CT molecular complexity index is 549. The Labute approximate surface area is 150 Å². The van der Waals surface area contributed by atoms with Crippen molar-refractivity contribution >= 4 is 17.5 Å². The van der Waals surface area contributed by atoms with Crippen LogP contribution in [0.2, 0.25) is 0 Å². The zero-order valence-electron chi connectivity index (χ0n) is 15.3. The largest absolute Gasteiger partial charge is 0.381 e. The summed E-state index contributed by atoms with van der Waals surface area (Å²) in [5.74, 6) is 0.352. The van der Waals surface area contributed by atoms with Crippen molar-refractivity contribution in [2.75, 3.05) is 18.5 Å². The molecule has 1 aromatic rings.